The SMILES string of the molecule is CC(C)[C@@H](C[Se])NC(=O)OC(C)(C)C. The average Bonchev–Trinajstić information content (AvgIpc) is 1.96. The number of hydrogen-bond donors (Lipinski definition) is 1. The van der Waals surface area contributed by atoms with Crippen LogP contribution in [-0.4, -0.2) is 33.7 Å². The molecule has 1 amide bonds. The maximum atomic E-state index is 11.4. The molecule has 0 aromatic rings. The Bertz CT molecular complexity index is 187. The first kappa shape index (κ1) is 13.8. The summed E-state index contributed by atoms with van der Waals surface area (Å²) in [5.41, 5.74) is -0.428. The van der Waals surface area contributed by atoms with Crippen LogP contribution in [0.25, 0.3) is 0 Å². The minimum atomic E-state index is -0.428. The maximum absolute atomic E-state index is 11.4. The molecule has 4 heteroatoms. The standard InChI is InChI=1S/C10H20NO2Se/c1-7(2)8(6-14)11-9(12)13-10(3,4)5/h7-8H,6H2,1-5H3,(H,11,12)/t8-/m1/s1. The van der Waals surface area contributed by atoms with Gasteiger partial charge in [0.15, 0.2) is 0 Å². The molecule has 14 heavy (non-hydrogen) atoms. The molecule has 0 aliphatic carbocycles. The van der Waals surface area contributed by atoms with Crippen LogP contribution in [0.15, 0.2) is 0 Å². The molecule has 0 aliphatic rings. The Morgan fingerprint density at radius 2 is 1.93 bits per heavy atom. The van der Waals surface area contributed by atoms with Crippen LogP contribution in [0.1, 0.15) is 34.6 Å². The Kier molecular flexibility index (Phi) is 5.53. The molecule has 0 heterocycles. The predicted molar refractivity (Wildman–Crippen MR) is 58.6 cm³/mol. The van der Waals surface area contributed by atoms with E-state index in [-0.39, 0.29) is 12.1 Å². The zero-order valence-corrected chi connectivity index (χ0v) is 11.3. The van der Waals surface area contributed by atoms with Crippen molar-refractivity contribution in [3.05, 3.63) is 0 Å². The topological polar surface area (TPSA) is 38.3 Å². The number of alkyl carbamates (subject to hydrolysis) is 1. The summed E-state index contributed by atoms with van der Waals surface area (Å²) >= 11 is 2.92. The molecule has 3 nitrogen and oxygen atoms in total. The number of hydrogen-bond acceptors (Lipinski definition) is 2. The molecular formula is C10H20NO2Se. The summed E-state index contributed by atoms with van der Waals surface area (Å²) in [5, 5.41) is 3.63. The van der Waals surface area contributed by atoms with Gasteiger partial charge in [0.25, 0.3) is 0 Å². The van der Waals surface area contributed by atoms with Crippen molar-refractivity contribution in [2.75, 3.05) is 0 Å². The second-order valence-corrected chi connectivity index (χ2v) is 5.36. The van der Waals surface area contributed by atoms with Crippen LogP contribution in [-0.2, 0) is 4.74 Å². The van der Waals surface area contributed by atoms with Crippen LogP contribution in [0.5, 0.6) is 0 Å². The predicted octanol–water partition coefficient (Wildman–Crippen LogP) is 2.12. The van der Waals surface area contributed by atoms with E-state index in [9.17, 15) is 4.79 Å². The zero-order valence-electron chi connectivity index (χ0n) is 9.59. The molecule has 83 valence electrons. The average molecular weight is 265 g/mol. The fourth-order valence-corrected chi connectivity index (χ4v) is 1.84. The summed E-state index contributed by atoms with van der Waals surface area (Å²) < 4.78 is 5.16. The number of rotatable bonds is 3. The van der Waals surface area contributed by atoms with E-state index < -0.39 is 5.60 Å². The van der Waals surface area contributed by atoms with Gasteiger partial charge in [-0.25, -0.2) is 0 Å². The zero-order chi connectivity index (χ0) is 11.4. The molecule has 0 spiro atoms. The van der Waals surface area contributed by atoms with E-state index in [1.165, 1.54) is 0 Å². The Labute approximate surface area is 94.8 Å². The second-order valence-electron chi connectivity index (χ2n) is 4.66. The van der Waals surface area contributed by atoms with Gasteiger partial charge >= 0.3 is 94.5 Å². The van der Waals surface area contributed by atoms with Crippen LogP contribution >= 0.6 is 0 Å². The first-order chi connectivity index (χ1) is 6.26. The van der Waals surface area contributed by atoms with Crippen molar-refractivity contribution in [1.29, 1.82) is 0 Å². The van der Waals surface area contributed by atoms with Gasteiger partial charge in [-0.2, -0.15) is 0 Å². The first-order valence-electron chi connectivity index (χ1n) is 4.84. The fraction of sp³-hybridized carbons (Fsp3) is 0.900. The molecule has 0 saturated heterocycles. The van der Waals surface area contributed by atoms with Gasteiger partial charge in [0, 0.05) is 0 Å². The van der Waals surface area contributed by atoms with Crippen molar-refractivity contribution < 1.29 is 9.53 Å². The first-order valence-corrected chi connectivity index (χ1v) is 6.05. The second kappa shape index (κ2) is 5.62. The van der Waals surface area contributed by atoms with E-state index in [0.29, 0.717) is 5.92 Å². The molecule has 0 unspecified atom stereocenters. The molecule has 0 bridgehead atoms. The van der Waals surface area contributed by atoms with E-state index in [2.05, 4.69) is 35.2 Å². The van der Waals surface area contributed by atoms with Crippen LogP contribution in [0, 0.1) is 5.92 Å². The van der Waals surface area contributed by atoms with Crippen molar-refractivity contribution in [2.24, 2.45) is 5.92 Å². The van der Waals surface area contributed by atoms with Crippen LogP contribution < -0.4 is 5.32 Å². The molecule has 1 atom stereocenters. The molecule has 1 radical (unpaired) electrons. The van der Waals surface area contributed by atoms with Gasteiger partial charge in [-0.15, -0.1) is 0 Å². The van der Waals surface area contributed by atoms with Gasteiger partial charge in [-0.3, -0.25) is 0 Å². The molecule has 0 aliphatic heterocycles. The van der Waals surface area contributed by atoms with Crippen molar-refractivity contribution in [1.82, 2.24) is 5.32 Å². The van der Waals surface area contributed by atoms with Gasteiger partial charge in [0.1, 0.15) is 0 Å². The third kappa shape index (κ3) is 6.27. The molecule has 1 N–H and O–H groups in total. The van der Waals surface area contributed by atoms with Crippen molar-refractivity contribution in [3.63, 3.8) is 0 Å². The monoisotopic (exact) mass is 266 g/mol. The minimum absolute atomic E-state index is 0.143. The number of amides is 1. The van der Waals surface area contributed by atoms with Gasteiger partial charge < -0.3 is 0 Å². The summed E-state index contributed by atoms with van der Waals surface area (Å²) in [6.07, 6.45) is -0.341. The number of ether oxygens (including phenoxy) is 1. The van der Waals surface area contributed by atoms with Gasteiger partial charge in [-0.05, 0) is 0 Å². The molecule has 0 rings (SSSR count). The van der Waals surface area contributed by atoms with Crippen LogP contribution in [0.3, 0.4) is 0 Å². The van der Waals surface area contributed by atoms with E-state index in [4.69, 9.17) is 4.74 Å². The molecule has 0 fully saturated rings. The summed E-state index contributed by atoms with van der Waals surface area (Å²) in [6.45, 7) is 9.71. The summed E-state index contributed by atoms with van der Waals surface area (Å²) in [7, 11) is 0. The fourth-order valence-electron chi connectivity index (χ4n) is 0.860. The summed E-state index contributed by atoms with van der Waals surface area (Å²) in [6, 6.07) is 0.143. The van der Waals surface area contributed by atoms with Crippen molar-refractivity contribution in [3.8, 4) is 0 Å². The van der Waals surface area contributed by atoms with Crippen LogP contribution in [0.2, 0.25) is 5.32 Å². The number of carbonyl (C=O) groups is 1. The van der Waals surface area contributed by atoms with E-state index in [1.807, 2.05) is 20.8 Å². The number of nitrogens with one attached hydrogen (secondary N) is 1. The van der Waals surface area contributed by atoms with Gasteiger partial charge in [0.2, 0.25) is 0 Å². The van der Waals surface area contributed by atoms with Gasteiger partial charge in [-0.1, -0.05) is 0 Å². The third-order valence-corrected chi connectivity index (χ3v) is 2.44. The summed E-state index contributed by atoms with van der Waals surface area (Å²) in [4.78, 5) is 11.4. The normalized spacial score (nSPS) is 13.9. The molecular weight excluding hydrogens is 245 g/mol. The van der Waals surface area contributed by atoms with E-state index >= 15 is 0 Å². The number of carbonyl (C=O) groups excluding carboxylic acids is 1. The Morgan fingerprint density at radius 3 is 2.21 bits per heavy atom. The van der Waals surface area contributed by atoms with Crippen molar-refractivity contribution >= 4 is 22.1 Å². The molecule has 0 aromatic carbocycles. The molecule has 0 saturated carbocycles. The van der Waals surface area contributed by atoms with E-state index in [0.717, 1.165) is 5.32 Å². The Morgan fingerprint density at radius 1 is 1.43 bits per heavy atom. The van der Waals surface area contributed by atoms with Gasteiger partial charge in [0.05, 0.1) is 0 Å². The van der Waals surface area contributed by atoms with Crippen molar-refractivity contribution in [2.45, 2.75) is 51.6 Å². The Hall–Kier alpha value is -0.211. The summed E-state index contributed by atoms with van der Waals surface area (Å²) in [5.74, 6) is 0.406. The van der Waals surface area contributed by atoms with E-state index in [1.54, 1.807) is 0 Å². The third-order valence-electron chi connectivity index (χ3n) is 1.69. The van der Waals surface area contributed by atoms with Crippen LogP contribution in [0.4, 0.5) is 4.79 Å². The Balaban J connectivity index is 4.04. The molecule has 0 aromatic heterocycles. The quantitative estimate of drug-likeness (QED) is 0.794.